The van der Waals surface area contributed by atoms with E-state index in [1.807, 2.05) is 19.1 Å². The number of aryl methyl sites for hydroxylation is 1. The summed E-state index contributed by atoms with van der Waals surface area (Å²) in [7, 11) is 0. The molecule has 0 spiro atoms. The minimum Gasteiger partial charge on any atom is -0.386 e. The monoisotopic (exact) mass is 282 g/mol. The lowest BCUT2D eigenvalue weighted by Crippen LogP contribution is -2.05. The Labute approximate surface area is 95.8 Å². The Morgan fingerprint density at radius 1 is 1.38 bits per heavy atom. The number of aliphatic hydroxyl groups is 1. The Kier molecular flexibility index (Phi) is 4.05. The molecule has 1 unspecified atom stereocenters. The predicted molar refractivity (Wildman–Crippen MR) is 59.3 cm³/mol. The maximum atomic E-state index is 9.53. The van der Waals surface area contributed by atoms with Crippen molar-refractivity contribution in [2.45, 2.75) is 17.9 Å². The largest absolute Gasteiger partial charge is 0.386 e. The molecule has 0 radical (unpaired) electrons. The van der Waals surface area contributed by atoms with Crippen molar-refractivity contribution in [3.63, 3.8) is 0 Å². The molecule has 0 bridgehead atoms. The first-order valence-corrected chi connectivity index (χ1v) is 5.41. The van der Waals surface area contributed by atoms with Gasteiger partial charge in [0.05, 0.1) is 0 Å². The lowest BCUT2D eigenvalue weighted by Gasteiger charge is -2.12. The maximum Gasteiger partial charge on any atom is 0.137 e. The molecule has 1 rings (SSSR count). The Hall–Kier alpha value is 0.240. The van der Waals surface area contributed by atoms with E-state index in [0.717, 1.165) is 15.6 Å². The fourth-order valence-corrected chi connectivity index (χ4v) is 1.53. The van der Waals surface area contributed by atoms with Gasteiger partial charge < -0.3 is 5.11 Å². The van der Waals surface area contributed by atoms with E-state index in [0.29, 0.717) is 0 Å². The van der Waals surface area contributed by atoms with Crippen LogP contribution in [-0.2, 0) is 0 Å². The molecule has 1 N–H and O–H groups in total. The summed E-state index contributed by atoms with van der Waals surface area (Å²) in [4.78, 5) is -0.791. The topological polar surface area (TPSA) is 20.2 Å². The van der Waals surface area contributed by atoms with Crippen molar-refractivity contribution >= 4 is 39.1 Å². The molecule has 72 valence electrons. The van der Waals surface area contributed by atoms with Crippen LogP contribution in [0, 0.1) is 6.92 Å². The van der Waals surface area contributed by atoms with E-state index in [-0.39, 0.29) is 0 Å². The molecule has 0 aromatic heterocycles. The highest BCUT2D eigenvalue weighted by atomic mass is 79.9. The minimum atomic E-state index is -0.824. The van der Waals surface area contributed by atoms with Crippen LogP contribution in [0.5, 0.6) is 0 Å². The standard InChI is InChI=1S/C9H9BrCl2O/c1-5-4-6(2-3-7(5)10)8(13)9(11)12/h2-4,8-9,13H,1H3. The predicted octanol–water partition coefficient (Wildman–Crippen LogP) is 3.59. The molecule has 0 heterocycles. The van der Waals surface area contributed by atoms with Crippen molar-refractivity contribution in [3.8, 4) is 0 Å². The second kappa shape index (κ2) is 4.65. The molecule has 0 amide bonds. The van der Waals surface area contributed by atoms with E-state index in [1.165, 1.54) is 0 Å². The lowest BCUT2D eigenvalue weighted by atomic mass is 10.1. The SMILES string of the molecule is Cc1cc(C(O)C(Cl)Cl)ccc1Br. The summed E-state index contributed by atoms with van der Waals surface area (Å²) >= 11 is 14.5. The first-order valence-electron chi connectivity index (χ1n) is 3.74. The van der Waals surface area contributed by atoms with E-state index < -0.39 is 10.9 Å². The van der Waals surface area contributed by atoms with Crippen LogP contribution in [0.1, 0.15) is 17.2 Å². The number of benzene rings is 1. The van der Waals surface area contributed by atoms with Crippen molar-refractivity contribution < 1.29 is 5.11 Å². The van der Waals surface area contributed by atoms with Gasteiger partial charge in [-0.1, -0.05) is 28.1 Å². The zero-order valence-electron chi connectivity index (χ0n) is 6.97. The number of hydrogen-bond acceptors (Lipinski definition) is 1. The van der Waals surface area contributed by atoms with Gasteiger partial charge in [-0.2, -0.15) is 0 Å². The Bertz CT molecular complexity index is 302. The molecule has 0 fully saturated rings. The van der Waals surface area contributed by atoms with E-state index in [9.17, 15) is 5.11 Å². The zero-order valence-corrected chi connectivity index (χ0v) is 10.1. The number of rotatable bonds is 2. The van der Waals surface area contributed by atoms with Crippen molar-refractivity contribution in [1.82, 2.24) is 0 Å². The van der Waals surface area contributed by atoms with E-state index in [1.54, 1.807) is 6.07 Å². The summed E-state index contributed by atoms with van der Waals surface area (Å²) in [6.45, 7) is 1.94. The first-order chi connectivity index (χ1) is 6.02. The van der Waals surface area contributed by atoms with Crippen LogP contribution in [0.2, 0.25) is 0 Å². The molecule has 1 atom stereocenters. The number of hydrogen-bond donors (Lipinski definition) is 1. The molecule has 0 saturated carbocycles. The summed E-state index contributed by atoms with van der Waals surface area (Å²) in [6.07, 6.45) is -0.824. The van der Waals surface area contributed by atoms with Gasteiger partial charge in [0.15, 0.2) is 0 Å². The molecule has 0 aliphatic heterocycles. The average Bonchev–Trinajstić information content (AvgIpc) is 2.08. The minimum absolute atomic E-state index is 0.732. The fourth-order valence-electron chi connectivity index (χ4n) is 0.997. The molecular weight excluding hydrogens is 275 g/mol. The fraction of sp³-hybridized carbons (Fsp3) is 0.333. The van der Waals surface area contributed by atoms with Gasteiger partial charge in [-0.25, -0.2) is 0 Å². The first kappa shape index (κ1) is 11.3. The summed E-state index contributed by atoms with van der Waals surface area (Å²) in [6, 6.07) is 5.51. The van der Waals surface area contributed by atoms with Crippen LogP contribution in [0.3, 0.4) is 0 Å². The number of halogens is 3. The molecule has 13 heavy (non-hydrogen) atoms. The van der Waals surface area contributed by atoms with Crippen LogP contribution in [-0.4, -0.2) is 9.94 Å². The van der Waals surface area contributed by atoms with Crippen molar-refractivity contribution in [2.24, 2.45) is 0 Å². The third-order valence-corrected chi connectivity index (χ3v) is 3.13. The third kappa shape index (κ3) is 2.84. The van der Waals surface area contributed by atoms with Gasteiger partial charge >= 0.3 is 0 Å². The second-order valence-corrected chi connectivity index (χ2v) is 4.81. The molecule has 1 aromatic carbocycles. The van der Waals surface area contributed by atoms with Crippen LogP contribution >= 0.6 is 39.1 Å². The highest BCUT2D eigenvalue weighted by Gasteiger charge is 2.15. The summed E-state index contributed by atoms with van der Waals surface area (Å²) in [5.41, 5.74) is 1.78. The molecule has 0 aliphatic rings. The van der Waals surface area contributed by atoms with E-state index >= 15 is 0 Å². The molecular formula is C9H9BrCl2O. The normalized spacial score (nSPS) is 13.4. The van der Waals surface area contributed by atoms with Crippen molar-refractivity contribution in [1.29, 1.82) is 0 Å². The average molecular weight is 284 g/mol. The number of aliphatic hydroxyl groups excluding tert-OH is 1. The Morgan fingerprint density at radius 2 is 2.00 bits per heavy atom. The Balaban J connectivity index is 2.97. The number of alkyl halides is 2. The van der Waals surface area contributed by atoms with Crippen molar-refractivity contribution in [2.75, 3.05) is 0 Å². The van der Waals surface area contributed by atoms with Gasteiger partial charge in [-0.3, -0.25) is 0 Å². The maximum absolute atomic E-state index is 9.53. The third-order valence-electron chi connectivity index (χ3n) is 1.76. The van der Waals surface area contributed by atoms with Gasteiger partial charge in [0.2, 0.25) is 0 Å². The zero-order chi connectivity index (χ0) is 10.0. The highest BCUT2D eigenvalue weighted by Crippen LogP contribution is 2.26. The van der Waals surface area contributed by atoms with Gasteiger partial charge in [-0.15, -0.1) is 23.2 Å². The van der Waals surface area contributed by atoms with Crippen LogP contribution in [0.4, 0.5) is 0 Å². The summed E-state index contributed by atoms with van der Waals surface area (Å²) in [5.74, 6) is 0. The van der Waals surface area contributed by atoms with Crippen LogP contribution in [0.15, 0.2) is 22.7 Å². The molecule has 1 aromatic rings. The van der Waals surface area contributed by atoms with Crippen molar-refractivity contribution in [3.05, 3.63) is 33.8 Å². The van der Waals surface area contributed by atoms with Gasteiger partial charge in [0.1, 0.15) is 10.9 Å². The second-order valence-electron chi connectivity index (χ2n) is 2.79. The lowest BCUT2D eigenvalue weighted by molar-refractivity contribution is 0.193. The molecule has 0 aliphatic carbocycles. The van der Waals surface area contributed by atoms with Gasteiger partial charge in [-0.05, 0) is 24.1 Å². The molecule has 1 nitrogen and oxygen atoms in total. The smallest absolute Gasteiger partial charge is 0.137 e. The summed E-state index contributed by atoms with van der Waals surface area (Å²) in [5, 5.41) is 9.53. The quantitative estimate of drug-likeness (QED) is 0.823. The Morgan fingerprint density at radius 3 is 2.46 bits per heavy atom. The van der Waals surface area contributed by atoms with E-state index in [2.05, 4.69) is 15.9 Å². The van der Waals surface area contributed by atoms with Crippen LogP contribution in [0.25, 0.3) is 0 Å². The molecule has 0 saturated heterocycles. The molecule has 4 heteroatoms. The van der Waals surface area contributed by atoms with Crippen LogP contribution < -0.4 is 0 Å². The highest BCUT2D eigenvalue weighted by molar-refractivity contribution is 9.10. The summed E-state index contributed by atoms with van der Waals surface area (Å²) < 4.78 is 1.00. The van der Waals surface area contributed by atoms with Gasteiger partial charge in [0.25, 0.3) is 0 Å². The van der Waals surface area contributed by atoms with Gasteiger partial charge in [0, 0.05) is 4.47 Å². The van der Waals surface area contributed by atoms with E-state index in [4.69, 9.17) is 23.2 Å².